The molecule has 1 saturated carbocycles. The third-order valence-electron chi connectivity index (χ3n) is 5.47. The summed E-state index contributed by atoms with van der Waals surface area (Å²) in [6.07, 6.45) is 7.91. The number of hydrogen-bond donors (Lipinski definition) is 0. The molecule has 1 aromatic heterocycles. The van der Waals surface area contributed by atoms with Crippen molar-refractivity contribution in [3.63, 3.8) is 0 Å². The van der Waals surface area contributed by atoms with Crippen LogP contribution < -0.4 is 0 Å². The average Bonchev–Trinajstić information content (AvgIpc) is 3.20. The fourth-order valence-electron chi connectivity index (χ4n) is 3.82. The minimum Gasteiger partial charge on any atom is -0.472 e. The summed E-state index contributed by atoms with van der Waals surface area (Å²) in [7, 11) is 0. The van der Waals surface area contributed by atoms with Crippen LogP contribution in [0.2, 0.25) is 0 Å². The Kier molecular flexibility index (Phi) is 3.70. The second-order valence-corrected chi connectivity index (χ2v) is 6.97. The van der Waals surface area contributed by atoms with Crippen LogP contribution >= 0.6 is 0 Å². The lowest BCUT2D eigenvalue weighted by molar-refractivity contribution is -0.0932. The van der Waals surface area contributed by atoms with Crippen LogP contribution in [0.25, 0.3) is 0 Å². The number of morpholine rings is 1. The van der Waals surface area contributed by atoms with Crippen molar-refractivity contribution in [2.45, 2.75) is 31.2 Å². The van der Waals surface area contributed by atoms with Crippen molar-refractivity contribution in [2.75, 3.05) is 39.4 Å². The van der Waals surface area contributed by atoms with Crippen LogP contribution in [0, 0.1) is 5.92 Å². The van der Waals surface area contributed by atoms with Crippen LogP contribution in [0.1, 0.15) is 36.0 Å². The van der Waals surface area contributed by atoms with Crippen LogP contribution in [-0.4, -0.2) is 60.6 Å². The number of ether oxygens (including phenoxy) is 1. The maximum atomic E-state index is 12.4. The van der Waals surface area contributed by atoms with Gasteiger partial charge in [0, 0.05) is 31.7 Å². The number of carbonyl (C=O) groups excluding carboxylic acids is 1. The molecule has 2 aliphatic heterocycles. The summed E-state index contributed by atoms with van der Waals surface area (Å²) in [5, 5.41) is 0. The van der Waals surface area contributed by atoms with E-state index in [1.54, 1.807) is 12.3 Å². The summed E-state index contributed by atoms with van der Waals surface area (Å²) < 4.78 is 10.8. The first-order valence-corrected chi connectivity index (χ1v) is 8.41. The number of furan rings is 1. The molecule has 0 bridgehead atoms. The van der Waals surface area contributed by atoms with Gasteiger partial charge in [-0.05, 0) is 37.7 Å². The fourth-order valence-corrected chi connectivity index (χ4v) is 3.82. The van der Waals surface area contributed by atoms with Gasteiger partial charge in [0.15, 0.2) is 0 Å². The molecular weight excluding hydrogens is 280 g/mol. The third kappa shape index (κ3) is 2.68. The molecule has 3 heterocycles. The zero-order valence-electron chi connectivity index (χ0n) is 13.0. The molecular formula is C17H24N2O3. The number of rotatable bonds is 3. The quantitative estimate of drug-likeness (QED) is 0.857. The summed E-state index contributed by atoms with van der Waals surface area (Å²) in [6, 6.07) is 1.75. The largest absolute Gasteiger partial charge is 0.472 e. The van der Waals surface area contributed by atoms with E-state index in [2.05, 4.69) is 4.90 Å². The lowest BCUT2D eigenvalue weighted by Gasteiger charge is -2.51. The zero-order chi connectivity index (χ0) is 15.0. The molecule has 1 spiro atoms. The van der Waals surface area contributed by atoms with Crippen molar-refractivity contribution in [3.8, 4) is 0 Å². The van der Waals surface area contributed by atoms with Crippen LogP contribution in [0.5, 0.6) is 0 Å². The minimum atomic E-state index is 0.0917. The van der Waals surface area contributed by atoms with E-state index in [0.717, 1.165) is 51.6 Å². The van der Waals surface area contributed by atoms with Gasteiger partial charge in [-0.25, -0.2) is 0 Å². The predicted molar refractivity (Wildman–Crippen MR) is 81.7 cm³/mol. The number of hydrogen-bond acceptors (Lipinski definition) is 4. The molecule has 3 aliphatic rings. The highest BCUT2D eigenvalue weighted by Crippen LogP contribution is 2.37. The van der Waals surface area contributed by atoms with E-state index in [0.29, 0.717) is 5.56 Å². The molecule has 0 atom stereocenters. The number of amides is 1. The van der Waals surface area contributed by atoms with Gasteiger partial charge in [0.25, 0.3) is 5.91 Å². The Morgan fingerprint density at radius 3 is 2.77 bits per heavy atom. The molecule has 0 unspecified atom stereocenters. The fraction of sp³-hybridized carbons (Fsp3) is 0.706. The number of nitrogens with zero attached hydrogens (tertiary/aromatic N) is 2. The highest BCUT2D eigenvalue weighted by Gasteiger charge is 2.44. The van der Waals surface area contributed by atoms with E-state index in [9.17, 15) is 4.79 Å². The molecule has 4 rings (SSSR count). The molecule has 22 heavy (non-hydrogen) atoms. The first kappa shape index (κ1) is 14.3. The summed E-state index contributed by atoms with van der Waals surface area (Å²) >= 11 is 0. The second-order valence-electron chi connectivity index (χ2n) is 6.97. The number of piperidine rings is 1. The minimum absolute atomic E-state index is 0.0917. The van der Waals surface area contributed by atoms with E-state index in [1.807, 2.05) is 4.90 Å². The Balaban J connectivity index is 1.41. The summed E-state index contributed by atoms with van der Waals surface area (Å²) in [6.45, 7) is 5.58. The van der Waals surface area contributed by atoms with Gasteiger partial charge >= 0.3 is 0 Å². The molecule has 0 aromatic carbocycles. The van der Waals surface area contributed by atoms with Gasteiger partial charge in [-0.3, -0.25) is 9.69 Å². The predicted octanol–water partition coefficient (Wildman–Crippen LogP) is 2.00. The number of likely N-dealkylation sites (tertiary alicyclic amines) is 1. The lowest BCUT2D eigenvalue weighted by atomic mass is 9.85. The van der Waals surface area contributed by atoms with E-state index >= 15 is 0 Å². The van der Waals surface area contributed by atoms with Crippen molar-refractivity contribution in [1.29, 1.82) is 0 Å². The van der Waals surface area contributed by atoms with E-state index in [4.69, 9.17) is 9.15 Å². The van der Waals surface area contributed by atoms with Crippen LogP contribution in [0.4, 0.5) is 0 Å². The summed E-state index contributed by atoms with van der Waals surface area (Å²) in [5.74, 6) is 0.995. The highest BCUT2D eigenvalue weighted by molar-refractivity contribution is 5.93. The molecule has 1 aromatic rings. The highest BCUT2D eigenvalue weighted by atomic mass is 16.5. The third-order valence-corrected chi connectivity index (χ3v) is 5.47. The number of carbonyl (C=O) groups is 1. The Morgan fingerprint density at radius 2 is 2.09 bits per heavy atom. The van der Waals surface area contributed by atoms with Crippen molar-refractivity contribution in [1.82, 2.24) is 9.80 Å². The Bertz CT molecular complexity index is 516. The lowest BCUT2D eigenvalue weighted by Crippen LogP contribution is -2.62. The Hall–Kier alpha value is -1.33. The SMILES string of the molecule is O=C(c1ccoc1)N1CCC2(CC1)COCCN2CC1CC1. The molecule has 1 aliphatic carbocycles. The van der Waals surface area contributed by atoms with Gasteiger partial charge in [0.05, 0.1) is 25.0 Å². The van der Waals surface area contributed by atoms with E-state index in [1.165, 1.54) is 25.6 Å². The average molecular weight is 304 g/mol. The van der Waals surface area contributed by atoms with Crippen LogP contribution in [0.3, 0.4) is 0 Å². The Morgan fingerprint density at radius 1 is 1.27 bits per heavy atom. The van der Waals surface area contributed by atoms with E-state index < -0.39 is 0 Å². The van der Waals surface area contributed by atoms with Gasteiger partial charge in [-0.15, -0.1) is 0 Å². The van der Waals surface area contributed by atoms with Gasteiger partial charge in [-0.1, -0.05) is 0 Å². The summed E-state index contributed by atoms with van der Waals surface area (Å²) in [5.41, 5.74) is 0.819. The normalized spacial score (nSPS) is 25.5. The van der Waals surface area contributed by atoms with Gasteiger partial charge in [-0.2, -0.15) is 0 Å². The topological polar surface area (TPSA) is 45.9 Å². The van der Waals surface area contributed by atoms with Gasteiger partial charge < -0.3 is 14.1 Å². The van der Waals surface area contributed by atoms with Crippen molar-refractivity contribution in [3.05, 3.63) is 24.2 Å². The molecule has 0 radical (unpaired) electrons. The standard InChI is InChI=1S/C17H24N2O3/c20-16(15-3-9-21-12-15)18-6-4-17(5-7-18)13-22-10-8-19(17)11-14-1-2-14/h3,9,12,14H,1-2,4-8,10-11,13H2. The molecule has 2 saturated heterocycles. The van der Waals surface area contributed by atoms with Crippen LogP contribution in [-0.2, 0) is 4.74 Å². The van der Waals surface area contributed by atoms with Crippen LogP contribution in [0.15, 0.2) is 23.0 Å². The molecule has 1 amide bonds. The first-order chi connectivity index (χ1) is 10.8. The maximum absolute atomic E-state index is 12.4. The second kappa shape index (κ2) is 5.70. The zero-order valence-corrected chi connectivity index (χ0v) is 13.0. The molecule has 120 valence electrons. The van der Waals surface area contributed by atoms with Crippen molar-refractivity contribution in [2.24, 2.45) is 5.92 Å². The van der Waals surface area contributed by atoms with Gasteiger partial charge in [0.1, 0.15) is 6.26 Å². The first-order valence-electron chi connectivity index (χ1n) is 8.41. The summed E-state index contributed by atoms with van der Waals surface area (Å²) in [4.78, 5) is 17.0. The Labute approximate surface area is 131 Å². The van der Waals surface area contributed by atoms with Crippen molar-refractivity contribution >= 4 is 5.91 Å². The maximum Gasteiger partial charge on any atom is 0.257 e. The smallest absolute Gasteiger partial charge is 0.257 e. The van der Waals surface area contributed by atoms with Gasteiger partial charge in [0.2, 0.25) is 0 Å². The van der Waals surface area contributed by atoms with E-state index in [-0.39, 0.29) is 11.4 Å². The molecule has 5 heteroatoms. The molecule has 3 fully saturated rings. The molecule has 0 N–H and O–H groups in total. The monoisotopic (exact) mass is 304 g/mol. The molecule has 5 nitrogen and oxygen atoms in total. The van der Waals surface area contributed by atoms with Crippen molar-refractivity contribution < 1.29 is 13.9 Å².